The minimum absolute atomic E-state index is 0.0600. The molecule has 1 aromatic heterocycles. The van der Waals surface area contributed by atoms with Gasteiger partial charge in [-0.2, -0.15) is 0 Å². The molecule has 0 saturated heterocycles. The Morgan fingerprint density at radius 3 is 2.59 bits per heavy atom. The van der Waals surface area contributed by atoms with Gasteiger partial charge in [0.25, 0.3) is 0 Å². The van der Waals surface area contributed by atoms with Crippen molar-refractivity contribution in [1.82, 2.24) is 0 Å². The highest BCUT2D eigenvalue weighted by molar-refractivity contribution is 6.32. The molecule has 0 saturated carbocycles. The summed E-state index contributed by atoms with van der Waals surface area (Å²) in [6, 6.07) is 9.89. The van der Waals surface area contributed by atoms with E-state index < -0.39 is 5.63 Å². The molecule has 0 aliphatic rings. The van der Waals surface area contributed by atoms with Gasteiger partial charge in [0, 0.05) is 23.7 Å². The molecule has 0 atom stereocenters. The number of aliphatic hydroxyl groups excluding tert-OH is 1. The highest BCUT2D eigenvalue weighted by atomic mass is 35.5. The van der Waals surface area contributed by atoms with Crippen LogP contribution < -0.4 is 10.9 Å². The van der Waals surface area contributed by atoms with E-state index in [1.165, 1.54) is 12.1 Å². The topological polar surface area (TPSA) is 99.8 Å². The molecule has 0 fully saturated rings. The number of amides is 1. The highest BCUT2D eigenvalue weighted by Gasteiger charge is 2.16. The molecule has 1 heterocycles. The van der Waals surface area contributed by atoms with Gasteiger partial charge in [-0.25, -0.2) is 4.79 Å². The summed E-state index contributed by atoms with van der Waals surface area (Å²) in [6.07, 6.45) is 0.394. The lowest BCUT2D eigenvalue weighted by atomic mass is 10.0. The number of carbonyl (C=O) groups is 1. The molecule has 2 aromatic carbocycles. The Labute approximate surface area is 160 Å². The Bertz CT molecular complexity index is 1060. The highest BCUT2D eigenvalue weighted by Crippen LogP contribution is 2.30. The number of aryl methyl sites for hydroxylation is 1. The fourth-order valence-corrected chi connectivity index (χ4v) is 3.02. The predicted octanol–water partition coefficient (Wildman–Crippen LogP) is 3.18. The molecule has 0 aliphatic heterocycles. The maximum absolute atomic E-state index is 12.4. The molecule has 3 N–H and O–H groups in total. The summed E-state index contributed by atoms with van der Waals surface area (Å²) in [4.78, 5) is 24.6. The van der Waals surface area contributed by atoms with Crippen LogP contribution in [0.3, 0.4) is 0 Å². The van der Waals surface area contributed by atoms with Gasteiger partial charge in [0.1, 0.15) is 11.3 Å². The molecule has 0 radical (unpaired) electrons. The molecular formula is C20H18ClNO5. The SMILES string of the molecule is Cc1c(CC(=O)Nc2ccc(CCO)cc2)c(=O)oc2cc(O)c(Cl)cc12. The third-order valence-electron chi connectivity index (χ3n) is 4.33. The van der Waals surface area contributed by atoms with Crippen LogP contribution in [-0.2, 0) is 17.6 Å². The first-order chi connectivity index (χ1) is 12.9. The first-order valence-electron chi connectivity index (χ1n) is 8.33. The van der Waals surface area contributed by atoms with Gasteiger partial charge in [-0.15, -0.1) is 0 Å². The number of benzene rings is 2. The van der Waals surface area contributed by atoms with Crippen molar-refractivity contribution in [2.24, 2.45) is 0 Å². The summed E-state index contributed by atoms with van der Waals surface area (Å²) >= 11 is 5.94. The summed E-state index contributed by atoms with van der Waals surface area (Å²) < 4.78 is 5.23. The second-order valence-corrected chi connectivity index (χ2v) is 6.60. The lowest BCUT2D eigenvalue weighted by Crippen LogP contribution is -2.20. The molecule has 7 heteroatoms. The van der Waals surface area contributed by atoms with Crippen LogP contribution in [0.25, 0.3) is 11.0 Å². The Kier molecular flexibility index (Phi) is 5.48. The quantitative estimate of drug-likeness (QED) is 0.584. The van der Waals surface area contributed by atoms with Gasteiger partial charge in [-0.1, -0.05) is 23.7 Å². The standard InChI is InChI=1S/C20H18ClNO5/c1-11-14-8-16(21)17(24)10-18(14)27-20(26)15(11)9-19(25)22-13-4-2-12(3-5-13)6-7-23/h2-5,8,10,23-24H,6-7,9H2,1H3,(H,22,25). The third kappa shape index (κ3) is 4.13. The largest absolute Gasteiger partial charge is 0.506 e. The van der Waals surface area contributed by atoms with E-state index in [4.69, 9.17) is 21.1 Å². The Balaban J connectivity index is 1.84. The van der Waals surface area contributed by atoms with Gasteiger partial charge >= 0.3 is 5.63 Å². The normalized spacial score (nSPS) is 10.9. The van der Waals surface area contributed by atoms with Crippen molar-refractivity contribution in [1.29, 1.82) is 0 Å². The first-order valence-corrected chi connectivity index (χ1v) is 8.71. The number of hydrogen-bond acceptors (Lipinski definition) is 5. The lowest BCUT2D eigenvalue weighted by molar-refractivity contribution is -0.115. The number of anilines is 1. The molecule has 0 unspecified atom stereocenters. The van der Waals surface area contributed by atoms with E-state index >= 15 is 0 Å². The summed E-state index contributed by atoms with van der Waals surface area (Å²) in [5.41, 5.74) is 1.95. The average molecular weight is 388 g/mol. The monoisotopic (exact) mass is 387 g/mol. The molecule has 3 rings (SSSR count). The minimum atomic E-state index is -0.629. The number of aromatic hydroxyl groups is 1. The van der Waals surface area contributed by atoms with Crippen LogP contribution in [0, 0.1) is 6.92 Å². The number of carbonyl (C=O) groups excluding carboxylic acids is 1. The molecule has 0 bridgehead atoms. The molecule has 1 amide bonds. The second-order valence-electron chi connectivity index (χ2n) is 6.19. The number of nitrogens with one attached hydrogen (secondary N) is 1. The number of halogens is 1. The van der Waals surface area contributed by atoms with Crippen LogP contribution in [0.4, 0.5) is 5.69 Å². The minimum Gasteiger partial charge on any atom is -0.506 e. The van der Waals surface area contributed by atoms with Crippen molar-refractivity contribution >= 4 is 34.2 Å². The van der Waals surface area contributed by atoms with Crippen LogP contribution in [0.5, 0.6) is 5.75 Å². The van der Waals surface area contributed by atoms with E-state index in [2.05, 4.69) is 5.32 Å². The van der Waals surface area contributed by atoms with Gasteiger partial charge in [-0.3, -0.25) is 4.79 Å². The summed E-state index contributed by atoms with van der Waals surface area (Å²) in [5.74, 6) is -0.536. The average Bonchev–Trinajstić information content (AvgIpc) is 2.62. The van der Waals surface area contributed by atoms with Gasteiger partial charge < -0.3 is 19.9 Å². The lowest BCUT2D eigenvalue weighted by Gasteiger charge is -2.10. The first kappa shape index (κ1) is 18.9. The number of fused-ring (bicyclic) bond motifs is 1. The molecule has 140 valence electrons. The molecular weight excluding hydrogens is 370 g/mol. The van der Waals surface area contributed by atoms with Crippen LogP contribution >= 0.6 is 11.6 Å². The summed E-state index contributed by atoms with van der Waals surface area (Å²) in [7, 11) is 0. The Hall–Kier alpha value is -2.83. The predicted molar refractivity (Wildman–Crippen MR) is 103 cm³/mol. The zero-order valence-corrected chi connectivity index (χ0v) is 15.3. The van der Waals surface area contributed by atoms with Crippen molar-refractivity contribution in [3.05, 3.63) is 68.5 Å². The van der Waals surface area contributed by atoms with E-state index in [1.807, 2.05) is 12.1 Å². The molecule has 6 nitrogen and oxygen atoms in total. The number of phenols is 1. The van der Waals surface area contributed by atoms with Gasteiger partial charge in [0.05, 0.1) is 17.0 Å². The molecule has 0 spiro atoms. The third-order valence-corrected chi connectivity index (χ3v) is 4.63. The van der Waals surface area contributed by atoms with Crippen LogP contribution in [0.15, 0.2) is 45.6 Å². The Morgan fingerprint density at radius 1 is 1.22 bits per heavy atom. The van der Waals surface area contributed by atoms with E-state index in [0.29, 0.717) is 23.1 Å². The summed E-state index contributed by atoms with van der Waals surface area (Å²) in [5, 5.41) is 22.0. The van der Waals surface area contributed by atoms with Crippen molar-refractivity contribution in [3.63, 3.8) is 0 Å². The van der Waals surface area contributed by atoms with Crippen molar-refractivity contribution in [2.75, 3.05) is 11.9 Å². The van der Waals surface area contributed by atoms with Crippen LogP contribution in [-0.4, -0.2) is 22.7 Å². The van der Waals surface area contributed by atoms with Crippen molar-refractivity contribution in [3.8, 4) is 5.75 Å². The van der Waals surface area contributed by atoms with Gasteiger partial charge in [0.15, 0.2) is 0 Å². The van der Waals surface area contributed by atoms with Crippen molar-refractivity contribution in [2.45, 2.75) is 19.8 Å². The van der Waals surface area contributed by atoms with E-state index in [0.717, 1.165) is 5.56 Å². The van der Waals surface area contributed by atoms with Crippen LogP contribution in [0.2, 0.25) is 5.02 Å². The summed E-state index contributed by atoms with van der Waals surface area (Å²) in [6.45, 7) is 1.77. The molecule has 3 aromatic rings. The van der Waals surface area contributed by atoms with Crippen molar-refractivity contribution < 1.29 is 19.4 Å². The fraction of sp³-hybridized carbons (Fsp3) is 0.200. The van der Waals surface area contributed by atoms with Crippen LogP contribution in [0.1, 0.15) is 16.7 Å². The van der Waals surface area contributed by atoms with Gasteiger partial charge in [0.2, 0.25) is 5.91 Å². The number of phenolic OH excluding ortho intramolecular Hbond substituents is 1. The fourth-order valence-electron chi connectivity index (χ4n) is 2.85. The Morgan fingerprint density at radius 2 is 1.93 bits per heavy atom. The van der Waals surface area contributed by atoms with Gasteiger partial charge in [-0.05, 0) is 42.7 Å². The van der Waals surface area contributed by atoms with E-state index in [1.54, 1.807) is 19.1 Å². The number of aliphatic hydroxyl groups is 1. The smallest absolute Gasteiger partial charge is 0.340 e. The maximum atomic E-state index is 12.4. The zero-order chi connectivity index (χ0) is 19.6. The zero-order valence-electron chi connectivity index (χ0n) is 14.6. The number of rotatable bonds is 5. The maximum Gasteiger partial charge on any atom is 0.340 e. The van der Waals surface area contributed by atoms with E-state index in [9.17, 15) is 14.7 Å². The van der Waals surface area contributed by atoms with E-state index in [-0.39, 0.29) is 40.9 Å². The number of hydrogen-bond donors (Lipinski definition) is 3. The molecule has 0 aliphatic carbocycles. The second kappa shape index (κ2) is 7.82. The molecule has 27 heavy (non-hydrogen) atoms.